The number of rotatable bonds is 3. The maximum atomic E-state index is 12.5. The fourth-order valence-corrected chi connectivity index (χ4v) is 0.722. The van der Waals surface area contributed by atoms with E-state index in [-0.39, 0.29) is 6.61 Å². The first-order valence-electron chi connectivity index (χ1n) is 3.43. The molecule has 0 atom stereocenters. The van der Waals surface area contributed by atoms with Crippen LogP contribution in [0.2, 0.25) is 0 Å². The molecule has 0 radical (unpaired) electrons. The SMILES string of the molecule is C=CCOc1ccc(F)c(F)c1. The summed E-state index contributed by atoms with van der Waals surface area (Å²) < 4.78 is 29.9. The van der Waals surface area contributed by atoms with Crippen molar-refractivity contribution in [2.45, 2.75) is 0 Å². The molecule has 1 rings (SSSR count). The first kappa shape index (κ1) is 8.71. The Morgan fingerprint density at radius 3 is 2.67 bits per heavy atom. The highest BCUT2D eigenvalue weighted by molar-refractivity contribution is 5.23. The molecule has 1 aromatic carbocycles. The normalized spacial score (nSPS) is 9.50. The molecule has 3 heteroatoms. The summed E-state index contributed by atoms with van der Waals surface area (Å²) >= 11 is 0. The van der Waals surface area contributed by atoms with Crippen LogP contribution in [0, 0.1) is 11.6 Å². The van der Waals surface area contributed by atoms with Crippen LogP contribution in [0.4, 0.5) is 8.78 Å². The van der Waals surface area contributed by atoms with Crippen LogP contribution in [-0.4, -0.2) is 6.61 Å². The van der Waals surface area contributed by atoms with E-state index in [1.165, 1.54) is 12.1 Å². The molecule has 64 valence electrons. The molecule has 0 aliphatic rings. The minimum atomic E-state index is -0.906. The molecule has 0 aromatic heterocycles. The lowest BCUT2D eigenvalue weighted by atomic mass is 10.3. The number of halogens is 2. The largest absolute Gasteiger partial charge is 0.489 e. The van der Waals surface area contributed by atoms with Crippen LogP contribution < -0.4 is 4.74 Å². The second-order valence-corrected chi connectivity index (χ2v) is 2.18. The molecule has 0 fully saturated rings. The smallest absolute Gasteiger partial charge is 0.162 e. The van der Waals surface area contributed by atoms with Crippen LogP contribution >= 0.6 is 0 Å². The summed E-state index contributed by atoms with van der Waals surface area (Å²) in [5.41, 5.74) is 0. The van der Waals surface area contributed by atoms with Crippen LogP contribution in [0.5, 0.6) is 5.75 Å². The first-order chi connectivity index (χ1) is 5.74. The molecule has 12 heavy (non-hydrogen) atoms. The topological polar surface area (TPSA) is 9.23 Å². The van der Waals surface area contributed by atoms with E-state index in [0.717, 1.165) is 12.1 Å². The zero-order valence-corrected chi connectivity index (χ0v) is 6.39. The molecule has 0 N–H and O–H groups in total. The Hall–Kier alpha value is -1.38. The van der Waals surface area contributed by atoms with Gasteiger partial charge in [0.15, 0.2) is 11.6 Å². The monoisotopic (exact) mass is 170 g/mol. The minimum absolute atomic E-state index is 0.283. The zero-order valence-electron chi connectivity index (χ0n) is 6.39. The van der Waals surface area contributed by atoms with Crippen molar-refractivity contribution in [3.63, 3.8) is 0 Å². The Balaban J connectivity index is 2.75. The Bertz CT molecular complexity index is 284. The molecule has 0 bridgehead atoms. The van der Waals surface area contributed by atoms with Gasteiger partial charge in [-0.15, -0.1) is 0 Å². The van der Waals surface area contributed by atoms with Gasteiger partial charge in [0, 0.05) is 6.07 Å². The third-order valence-corrected chi connectivity index (χ3v) is 1.26. The van der Waals surface area contributed by atoms with Gasteiger partial charge in [-0.05, 0) is 12.1 Å². The Labute approximate surface area is 69.3 Å². The van der Waals surface area contributed by atoms with Crippen LogP contribution in [0.25, 0.3) is 0 Å². The zero-order chi connectivity index (χ0) is 8.97. The lowest BCUT2D eigenvalue weighted by Crippen LogP contribution is -1.94. The summed E-state index contributed by atoms with van der Waals surface area (Å²) in [5, 5.41) is 0. The van der Waals surface area contributed by atoms with Gasteiger partial charge in [0.2, 0.25) is 0 Å². The number of hydrogen-bond acceptors (Lipinski definition) is 1. The lowest BCUT2D eigenvalue weighted by molar-refractivity contribution is 0.358. The molecule has 0 saturated carbocycles. The molecule has 0 spiro atoms. The van der Waals surface area contributed by atoms with E-state index in [2.05, 4.69) is 6.58 Å². The second-order valence-electron chi connectivity index (χ2n) is 2.18. The van der Waals surface area contributed by atoms with Crippen molar-refractivity contribution in [1.82, 2.24) is 0 Å². The van der Waals surface area contributed by atoms with Gasteiger partial charge in [0.1, 0.15) is 12.4 Å². The average Bonchev–Trinajstić information content (AvgIpc) is 2.07. The quantitative estimate of drug-likeness (QED) is 0.633. The van der Waals surface area contributed by atoms with Crippen LogP contribution in [0.3, 0.4) is 0 Å². The molecule has 0 aliphatic heterocycles. The summed E-state index contributed by atoms with van der Waals surface area (Å²) in [5.74, 6) is -1.48. The summed E-state index contributed by atoms with van der Waals surface area (Å²) in [6.07, 6.45) is 1.53. The van der Waals surface area contributed by atoms with Crippen molar-refractivity contribution in [2.75, 3.05) is 6.61 Å². The third kappa shape index (κ3) is 2.05. The van der Waals surface area contributed by atoms with Crippen LogP contribution in [0.1, 0.15) is 0 Å². The van der Waals surface area contributed by atoms with Crippen molar-refractivity contribution in [1.29, 1.82) is 0 Å². The maximum Gasteiger partial charge on any atom is 0.162 e. The molecule has 1 aromatic rings. The lowest BCUT2D eigenvalue weighted by Gasteiger charge is -2.02. The molecule has 0 heterocycles. The fourth-order valence-electron chi connectivity index (χ4n) is 0.722. The van der Waals surface area contributed by atoms with Gasteiger partial charge < -0.3 is 4.74 Å². The molecule has 1 nitrogen and oxygen atoms in total. The molecular weight excluding hydrogens is 162 g/mol. The molecule has 0 saturated heterocycles. The van der Waals surface area contributed by atoms with E-state index < -0.39 is 11.6 Å². The van der Waals surface area contributed by atoms with Crippen molar-refractivity contribution in [2.24, 2.45) is 0 Å². The number of ether oxygens (including phenoxy) is 1. The molecule has 0 amide bonds. The predicted octanol–water partition coefficient (Wildman–Crippen LogP) is 2.53. The molecular formula is C9H8F2O. The van der Waals surface area contributed by atoms with E-state index in [1.807, 2.05) is 0 Å². The van der Waals surface area contributed by atoms with Gasteiger partial charge in [-0.2, -0.15) is 0 Å². The highest BCUT2D eigenvalue weighted by atomic mass is 19.2. The van der Waals surface area contributed by atoms with E-state index in [1.54, 1.807) is 0 Å². The van der Waals surface area contributed by atoms with Crippen molar-refractivity contribution in [3.8, 4) is 5.75 Å². The molecule has 0 aliphatic carbocycles. The second kappa shape index (κ2) is 3.85. The fraction of sp³-hybridized carbons (Fsp3) is 0.111. The van der Waals surface area contributed by atoms with E-state index in [4.69, 9.17) is 4.74 Å². The van der Waals surface area contributed by atoms with Crippen molar-refractivity contribution < 1.29 is 13.5 Å². The number of benzene rings is 1. The van der Waals surface area contributed by atoms with Crippen LogP contribution in [-0.2, 0) is 0 Å². The van der Waals surface area contributed by atoms with Crippen molar-refractivity contribution in [3.05, 3.63) is 42.5 Å². The summed E-state index contributed by atoms with van der Waals surface area (Å²) in [4.78, 5) is 0. The highest BCUT2D eigenvalue weighted by Crippen LogP contribution is 2.14. The minimum Gasteiger partial charge on any atom is -0.489 e. The Kier molecular flexibility index (Phi) is 2.80. The van der Waals surface area contributed by atoms with Gasteiger partial charge >= 0.3 is 0 Å². The van der Waals surface area contributed by atoms with Gasteiger partial charge in [-0.1, -0.05) is 12.7 Å². The van der Waals surface area contributed by atoms with E-state index in [0.29, 0.717) is 5.75 Å². The van der Waals surface area contributed by atoms with E-state index in [9.17, 15) is 8.78 Å². The maximum absolute atomic E-state index is 12.5. The Morgan fingerprint density at radius 1 is 1.33 bits per heavy atom. The summed E-state index contributed by atoms with van der Waals surface area (Å²) in [7, 11) is 0. The number of hydrogen-bond donors (Lipinski definition) is 0. The Morgan fingerprint density at radius 2 is 2.08 bits per heavy atom. The van der Waals surface area contributed by atoms with Gasteiger partial charge in [-0.25, -0.2) is 8.78 Å². The predicted molar refractivity (Wildman–Crippen MR) is 42.1 cm³/mol. The third-order valence-electron chi connectivity index (χ3n) is 1.26. The van der Waals surface area contributed by atoms with Gasteiger partial charge in [0.25, 0.3) is 0 Å². The van der Waals surface area contributed by atoms with Gasteiger partial charge in [0.05, 0.1) is 0 Å². The standard InChI is InChI=1S/C9H8F2O/c1-2-5-12-7-3-4-8(10)9(11)6-7/h2-4,6H,1,5H2. The summed E-state index contributed by atoms with van der Waals surface area (Å²) in [6.45, 7) is 3.71. The highest BCUT2D eigenvalue weighted by Gasteiger charge is 2.01. The van der Waals surface area contributed by atoms with Gasteiger partial charge in [-0.3, -0.25) is 0 Å². The first-order valence-corrected chi connectivity index (χ1v) is 3.43. The molecule has 0 unspecified atom stereocenters. The van der Waals surface area contributed by atoms with Crippen molar-refractivity contribution >= 4 is 0 Å². The van der Waals surface area contributed by atoms with Crippen LogP contribution in [0.15, 0.2) is 30.9 Å². The van der Waals surface area contributed by atoms with E-state index >= 15 is 0 Å². The average molecular weight is 170 g/mol. The summed E-state index contributed by atoms with van der Waals surface area (Å²) in [6, 6.07) is 3.38.